The maximum absolute atomic E-state index is 5.49. The maximum atomic E-state index is 5.49. The summed E-state index contributed by atoms with van der Waals surface area (Å²) < 4.78 is 16.5. The van der Waals surface area contributed by atoms with Crippen LogP contribution in [0.3, 0.4) is 0 Å². The molecule has 112 valence electrons. The molecule has 0 bridgehead atoms. The van der Waals surface area contributed by atoms with Crippen LogP contribution in [0.25, 0.3) is 0 Å². The van der Waals surface area contributed by atoms with Gasteiger partial charge >= 0.3 is 9.53 Å². The van der Waals surface area contributed by atoms with Gasteiger partial charge in [-0.2, -0.15) is 0 Å². The zero-order valence-corrected chi connectivity index (χ0v) is 13.7. The van der Waals surface area contributed by atoms with Gasteiger partial charge in [-0.25, -0.2) is 0 Å². The van der Waals surface area contributed by atoms with E-state index in [0.717, 1.165) is 52.2 Å². The zero-order valence-electron chi connectivity index (χ0n) is 12.5. The highest BCUT2D eigenvalue weighted by Crippen LogP contribution is 1.96. The van der Waals surface area contributed by atoms with Crippen LogP contribution in [0.5, 0.6) is 0 Å². The minimum Gasteiger partial charge on any atom is -0.376 e. The van der Waals surface area contributed by atoms with E-state index in [4.69, 9.17) is 19.0 Å². The summed E-state index contributed by atoms with van der Waals surface area (Å²) in [5.74, 6) is 0. The molecule has 6 heteroatoms. The van der Waals surface area contributed by atoms with Gasteiger partial charge in [0.15, 0.2) is 0 Å². The minimum absolute atomic E-state index is 0.733. The summed E-state index contributed by atoms with van der Waals surface area (Å²) in [7, 11) is 0.0951. The van der Waals surface area contributed by atoms with Gasteiger partial charge < -0.3 is 24.3 Å². The Balaban J connectivity index is 0. The van der Waals surface area contributed by atoms with Gasteiger partial charge in [0.05, 0.1) is 0 Å². The van der Waals surface area contributed by atoms with Crippen LogP contribution < -0.4 is 11.1 Å². The normalized spacial score (nSPS) is 10.3. The van der Waals surface area contributed by atoms with E-state index < -0.39 is 9.53 Å². The van der Waals surface area contributed by atoms with Crippen molar-refractivity contribution in [3.63, 3.8) is 0 Å². The zero-order chi connectivity index (χ0) is 14.1. The molecule has 0 aromatic heterocycles. The highest BCUT2D eigenvalue weighted by atomic mass is 28.3. The van der Waals surface area contributed by atoms with Crippen LogP contribution in [0.1, 0.15) is 40.0 Å². The van der Waals surface area contributed by atoms with Crippen LogP contribution in [0.15, 0.2) is 0 Å². The summed E-state index contributed by atoms with van der Waals surface area (Å²) in [6.45, 7) is 10.2. The lowest BCUT2D eigenvalue weighted by molar-refractivity contribution is 0.0933. The summed E-state index contributed by atoms with van der Waals surface area (Å²) in [6.07, 6.45) is 3.07. The number of nitrogens with two attached hydrogens (primary N) is 1. The molecule has 18 heavy (non-hydrogen) atoms. The summed E-state index contributed by atoms with van der Waals surface area (Å²) in [4.78, 5) is 0. The Morgan fingerprint density at radius 3 is 1.44 bits per heavy atom. The largest absolute Gasteiger partial charge is 0.484 e. The average molecular weight is 280 g/mol. The van der Waals surface area contributed by atoms with Crippen molar-refractivity contribution in [3.8, 4) is 0 Å². The fourth-order valence-electron chi connectivity index (χ4n) is 0.931. The molecule has 0 radical (unpaired) electrons. The lowest BCUT2D eigenvalue weighted by atomic mass is 10.5. The summed E-state index contributed by atoms with van der Waals surface area (Å²) in [5, 5.41) is 2.89. The third-order valence-electron chi connectivity index (χ3n) is 1.77. The van der Waals surface area contributed by atoms with Gasteiger partial charge in [-0.1, -0.05) is 20.8 Å². The van der Waals surface area contributed by atoms with Crippen molar-refractivity contribution in [3.05, 3.63) is 0 Å². The average Bonchev–Trinajstić information content (AvgIpc) is 2.39. The molecule has 0 amide bonds. The van der Waals surface area contributed by atoms with Gasteiger partial charge in [0.2, 0.25) is 0 Å². The standard InChI is InChI=1S/C9H22O3Si.C3H10N2/c1-4-7-10-13(11-8-5-2)12-9-6-3;1-5-3-2-4/h13H,4-9H2,1-3H3;5H,2-4H2,1H3. The number of hydrogen-bond donors (Lipinski definition) is 2. The number of nitrogens with one attached hydrogen (secondary N) is 1. The van der Waals surface area contributed by atoms with Gasteiger partial charge in [0.1, 0.15) is 0 Å². The molecule has 0 rings (SSSR count). The Morgan fingerprint density at radius 1 is 0.889 bits per heavy atom. The van der Waals surface area contributed by atoms with Crippen molar-refractivity contribution in [2.24, 2.45) is 5.73 Å². The molecule has 0 unspecified atom stereocenters. The highest BCUT2D eigenvalue weighted by molar-refractivity contribution is 6.36. The second-order valence-corrected chi connectivity index (χ2v) is 5.37. The Labute approximate surface area is 114 Å². The predicted molar refractivity (Wildman–Crippen MR) is 78.9 cm³/mol. The van der Waals surface area contributed by atoms with Crippen LogP contribution in [-0.4, -0.2) is 49.5 Å². The Kier molecular flexibility index (Phi) is 21.9. The molecule has 0 spiro atoms. The molecular formula is C12H32N2O3Si. The number of likely N-dealkylation sites (N-methyl/N-ethyl adjacent to an activating group) is 1. The van der Waals surface area contributed by atoms with Crippen LogP contribution in [0.4, 0.5) is 0 Å². The lowest BCUT2D eigenvalue weighted by Crippen LogP contribution is -2.28. The van der Waals surface area contributed by atoms with Crippen molar-refractivity contribution >= 4 is 9.53 Å². The van der Waals surface area contributed by atoms with Crippen molar-refractivity contribution in [2.45, 2.75) is 40.0 Å². The fourth-order valence-corrected chi connectivity index (χ4v) is 2.50. The van der Waals surface area contributed by atoms with Crippen LogP contribution in [0, 0.1) is 0 Å². The number of hydrogen-bond acceptors (Lipinski definition) is 5. The van der Waals surface area contributed by atoms with E-state index in [0.29, 0.717) is 0 Å². The van der Waals surface area contributed by atoms with Gasteiger partial charge in [0.25, 0.3) is 0 Å². The molecule has 5 nitrogen and oxygen atoms in total. The molecule has 3 N–H and O–H groups in total. The third kappa shape index (κ3) is 18.4. The second kappa shape index (κ2) is 19.4. The van der Waals surface area contributed by atoms with Gasteiger partial charge in [0, 0.05) is 32.9 Å². The van der Waals surface area contributed by atoms with E-state index >= 15 is 0 Å². The van der Waals surface area contributed by atoms with Crippen molar-refractivity contribution in [1.82, 2.24) is 5.32 Å². The van der Waals surface area contributed by atoms with Crippen LogP contribution in [-0.2, 0) is 13.3 Å². The Morgan fingerprint density at radius 2 is 1.28 bits per heavy atom. The summed E-state index contributed by atoms with van der Waals surface area (Å²) in [6, 6.07) is 0. The van der Waals surface area contributed by atoms with E-state index in [1.807, 2.05) is 7.05 Å². The SMILES string of the molecule is CCCO[SiH](OCCC)OCCC.CNCCN. The lowest BCUT2D eigenvalue weighted by Gasteiger charge is -2.15. The first-order valence-electron chi connectivity index (χ1n) is 6.96. The molecule has 0 aliphatic heterocycles. The molecule has 0 heterocycles. The first-order valence-corrected chi connectivity index (χ1v) is 8.37. The second-order valence-electron chi connectivity index (χ2n) is 3.79. The quantitative estimate of drug-likeness (QED) is 0.556. The van der Waals surface area contributed by atoms with Gasteiger partial charge in [-0.3, -0.25) is 0 Å². The predicted octanol–water partition coefficient (Wildman–Crippen LogP) is 1.15. The van der Waals surface area contributed by atoms with Crippen LogP contribution >= 0.6 is 0 Å². The van der Waals surface area contributed by atoms with Crippen molar-refractivity contribution < 1.29 is 13.3 Å². The number of rotatable bonds is 11. The first-order chi connectivity index (χ1) is 8.76. The van der Waals surface area contributed by atoms with E-state index in [-0.39, 0.29) is 0 Å². The molecule has 0 aromatic carbocycles. The fraction of sp³-hybridized carbons (Fsp3) is 1.00. The smallest absolute Gasteiger partial charge is 0.376 e. The summed E-state index contributed by atoms with van der Waals surface area (Å²) in [5.41, 5.74) is 5.08. The molecule has 0 atom stereocenters. The van der Waals surface area contributed by atoms with Gasteiger partial charge in [-0.05, 0) is 26.3 Å². The molecule has 0 aliphatic carbocycles. The summed E-state index contributed by atoms with van der Waals surface area (Å²) >= 11 is 0. The molecular weight excluding hydrogens is 248 g/mol. The minimum atomic E-state index is -1.79. The van der Waals surface area contributed by atoms with E-state index in [9.17, 15) is 0 Å². The molecule has 0 saturated heterocycles. The van der Waals surface area contributed by atoms with Crippen molar-refractivity contribution in [1.29, 1.82) is 0 Å². The van der Waals surface area contributed by atoms with Gasteiger partial charge in [-0.15, -0.1) is 0 Å². The molecule has 0 aliphatic rings. The molecule has 0 aromatic rings. The molecule has 0 fully saturated rings. The van der Waals surface area contributed by atoms with E-state index in [2.05, 4.69) is 26.1 Å². The molecule has 0 saturated carbocycles. The monoisotopic (exact) mass is 280 g/mol. The highest BCUT2D eigenvalue weighted by Gasteiger charge is 2.13. The van der Waals surface area contributed by atoms with E-state index in [1.54, 1.807) is 0 Å². The Hall–Kier alpha value is 0.0169. The Bertz CT molecular complexity index is 121. The van der Waals surface area contributed by atoms with E-state index in [1.165, 1.54) is 0 Å². The maximum Gasteiger partial charge on any atom is 0.484 e. The third-order valence-corrected chi connectivity index (χ3v) is 3.29. The van der Waals surface area contributed by atoms with Crippen LogP contribution in [0.2, 0.25) is 0 Å². The first kappa shape index (κ1) is 20.3. The van der Waals surface area contributed by atoms with Crippen molar-refractivity contribution in [2.75, 3.05) is 40.0 Å². The topological polar surface area (TPSA) is 65.7 Å².